The Bertz CT molecular complexity index is 2190. The highest BCUT2D eigenvalue weighted by molar-refractivity contribution is 7.21. The lowest BCUT2D eigenvalue weighted by molar-refractivity contribution is 0.473. The van der Waals surface area contributed by atoms with Crippen LogP contribution in [0.25, 0.3) is 54.2 Å². The van der Waals surface area contributed by atoms with Crippen LogP contribution in [0.15, 0.2) is 145 Å². The van der Waals surface area contributed by atoms with Crippen molar-refractivity contribution in [3.63, 3.8) is 0 Å². The Morgan fingerprint density at radius 2 is 1.26 bits per heavy atom. The highest BCUT2D eigenvalue weighted by Gasteiger charge is 2.17. The average Bonchev–Trinajstić information content (AvgIpc) is 3.52. The van der Waals surface area contributed by atoms with Crippen LogP contribution in [0.4, 0.5) is 5.69 Å². The smallest absolute Gasteiger partial charge is 0.126 e. The fourth-order valence-electron chi connectivity index (χ4n) is 5.69. The van der Waals surface area contributed by atoms with E-state index in [1.54, 1.807) is 23.6 Å². The fourth-order valence-corrected chi connectivity index (χ4v) is 6.75. The monoisotopic (exact) mass is 614 g/mol. The van der Waals surface area contributed by atoms with Crippen molar-refractivity contribution >= 4 is 33.5 Å². The summed E-state index contributed by atoms with van der Waals surface area (Å²) in [7, 11) is 0. The third-order valence-corrected chi connectivity index (χ3v) is 9.29. The zero-order valence-electron chi connectivity index (χ0n) is 26.1. The molecule has 46 heavy (non-hydrogen) atoms. The number of aromatic nitrogens is 1. The van der Waals surface area contributed by atoms with Crippen molar-refractivity contribution in [2.75, 3.05) is 0 Å². The highest BCUT2D eigenvalue weighted by atomic mass is 32.1. The van der Waals surface area contributed by atoms with Crippen molar-refractivity contribution in [3.05, 3.63) is 151 Å². The van der Waals surface area contributed by atoms with Crippen molar-refractivity contribution in [1.82, 2.24) is 4.98 Å². The third-order valence-electron chi connectivity index (χ3n) is 8.25. The Hall–Kier alpha value is -5.32. The molecule has 3 nitrogen and oxygen atoms in total. The van der Waals surface area contributed by atoms with Gasteiger partial charge in [0.05, 0.1) is 15.9 Å². The maximum absolute atomic E-state index is 10.6. The summed E-state index contributed by atoms with van der Waals surface area (Å²) in [5.41, 5.74) is 11.5. The maximum atomic E-state index is 10.6. The number of benzene rings is 6. The first-order valence-corrected chi connectivity index (χ1v) is 16.3. The molecule has 0 amide bonds. The number of nitrogens with zero attached hydrogens (tertiary/aromatic N) is 2. The van der Waals surface area contributed by atoms with Gasteiger partial charge in [0.2, 0.25) is 0 Å². The molecule has 224 valence electrons. The van der Waals surface area contributed by atoms with Gasteiger partial charge in [-0.15, -0.1) is 11.3 Å². The lowest BCUT2D eigenvalue weighted by Crippen LogP contribution is -2.11. The zero-order valence-corrected chi connectivity index (χ0v) is 26.9. The predicted octanol–water partition coefficient (Wildman–Crippen LogP) is 11.7. The summed E-state index contributed by atoms with van der Waals surface area (Å²) in [6.07, 6.45) is 1.75. The largest absolute Gasteiger partial charge is 0.507 e. The number of aromatic hydroxyl groups is 1. The molecule has 0 aliphatic carbocycles. The number of fused-ring (bicyclic) bond motifs is 1. The van der Waals surface area contributed by atoms with Gasteiger partial charge in [0.15, 0.2) is 0 Å². The van der Waals surface area contributed by atoms with E-state index in [9.17, 15) is 5.11 Å². The van der Waals surface area contributed by atoms with E-state index >= 15 is 0 Å². The molecule has 1 N–H and O–H groups in total. The second-order valence-electron chi connectivity index (χ2n) is 12.5. The summed E-state index contributed by atoms with van der Waals surface area (Å²) >= 11 is 1.68. The van der Waals surface area contributed by atoms with Crippen molar-refractivity contribution in [3.8, 4) is 49.7 Å². The highest BCUT2D eigenvalue weighted by Crippen LogP contribution is 2.42. The van der Waals surface area contributed by atoms with E-state index in [0.717, 1.165) is 54.3 Å². The van der Waals surface area contributed by atoms with Crippen LogP contribution < -0.4 is 0 Å². The van der Waals surface area contributed by atoms with Crippen LogP contribution in [-0.2, 0) is 5.41 Å². The molecule has 0 fully saturated rings. The molecule has 0 bridgehead atoms. The first kappa shape index (κ1) is 29.4. The van der Waals surface area contributed by atoms with Crippen LogP contribution in [0.1, 0.15) is 31.9 Å². The predicted molar refractivity (Wildman–Crippen MR) is 195 cm³/mol. The van der Waals surface area contributed by atoms with Gasteiger partial charge in [0, 0.05) is 22.9 Å². The Balaban J connectivity index is 1.34. The fraction of sp³-hybridized carbons (Fsp3) is 0.0952. The SMILES string of the molecule is CC(C)(C)c1ccc(O)c(C=Nc2ccccc2-c2nc3c(-c4ccccc4)cc(-c4cccc(-c5ccccc5)c4)cc3s2)c1. The van der Waals surface area contributed by atoms with Gasteiger partial charge in [0.1, 0.15) is 10.8 Å². The lowest BCUT2D eigenvalue weighted by atomic mass is 9.86. The zero-order chi connectivity index (χ0) is 31.7. The Kier molecular flexibility index (Phi) is 7.81. The lowest BCUT2D eigenvalue weighted by Gasteiger charge is -2.19. The Labute approximate surface area is 274 Å². The minimum Gasteiger partial charge on any atom is -0.507 e. The first-order valence-electron chi connectivity index (χ1n) is 15.5. The molecule has 0 aliphatic rings. The second kappa shape index (κ2) is 12.2. The van der Waals surface area contributed by atoms with E-state index in [0.29, 0.717) is 5.56 Å². The molecule has 7 aromatic rings. The van der Waals surface area contributed by atoms with E-state index in [4.69, 9.17) is 9.98 Å². The van der Waals surface area contributed by atoms with Gasteiger partial charge in [-0.1, -0.05) is 118 Å². The number of hydrogen-bond donors (Lipinski definition) is 1. The van der Waals surface area contributed by atoms with E-state index < -0.39 is 0 Å². The number of aliphatic imine (C=N–C) groups is 1. The van der Waals surface area contributed by atoms with Crippen LogP contribution >= 0.6 is 11.3 Å². The molecular weight excluding hydrogens is 581 g/mol. The first-order chi connectivity index (χ1) is 22.3. The molecular formula is C42H34N2OS. The number of phenols is 1. The molecule has 0 aliphatic heterocycles. The number of rotatable bonds is 6. The van der Waals surface area contributed by atoms with E-state index in [-0.39, 0.29) is 11.2 Å². The normalized spacial score (nSPS) is 11.8. The van der Waals surface area contributed by atoms with Crippen molar-refractivity contribution in [2.24, 2.45) is 4.99 Å². The minimum absolute atomic E-state index is 0.0344. The molecule has 0 atom stereocenters. The van der Waals surface area contributed by atoms with Crippen molar-refractivity contribution in [1.29, 1.82) is 0 Å². The summed E-state index contributed by atoms with van der Waals surface area (Å²) in [5.74, 6) is 0.214. The molecule has 0 spiro atoms. The summed E-state index contributed by atoms with van der Waals surface area (Å²) in [4.78, 5) is 10.1. The van der Waals surface area contributed by atoms with Crippen LogP contribution in [0.5, 0.6) is 5.75 Å². The molecule has 0 saturated heterocycles. The summed E-state index contributed by atoms with van der Waals surface area (Å²) in [6, 6.07) is 48.1. The molecule has 0 saturated carbocycles. The Morgan fingerprint density at radius 1 is 0.609 bits per heavy atom. The van der Waals surface area contributed by atoms with Crippen LogP contribution in [0.2, 0.25) is 0 Å². The third kappa shape index (κ3) is 6.00. The molecule has 0 unspecified atom stereocenters. The summed E-state index contributed by atoms with van der Waals surface area (Å²) in [6.45, 7) is 6.49. The van der Waals surface area contributed by atoms with Gasteiger partial charge in [-0.3, -0.25) is 4.99 Å². The Morgan fingerprint density at radius 3 is 2.00 bits per heavy atom. The maximum Gasteiger partial charge on any atom is 0.126 e. The molecule has 4 heteroatoms. The minimum atomic E-state index is -0.0344. The molecule has 0 radical (unpaired) electrons. The van der Waals surface area contributed by atoms with Gasteiger partial charge in [0.25, 0.3) is 0 Å². The molecule has 1 heterocycles. The number of hydrogen-bond acceptors (Lipinski definition) is 4. The molecule has 6 aromatic carbocycles. The van der Waals surface area contributed by atoms with Gasteiger partial charge < -0.3 is 5.11 Å². The van der Waals surface area contributed by atoms with Gasteiger partial charge in [-0.25, -0.2) is 4.98 Å². The van der Waals surface area contributed by atoms with Gasteiger partial charge >= 0.3 is 0 Å². The van der Waals surface area contributed by atoms with Crippen molar-refractivity contribution < 1.29 is 5.11 Å². The van der Waals surface area contributed by atoms with Crippen LogP contribution in [0, 0.1) is 0 Å². The van der Waals surface area contributed by atoms with Gasteiger partial charge in [-0.2, -0.15) is 0 Å². The van der Waals surface area contributed by atoms with Crippen LogP contribution in [0.3, 0.4) is 0 Å². The van der Waals surface area contributed by atoms with E-state index in [1.165, 1.54) is 11.1 Å². The van der Waals surface area contributed by atoms with Crippen LogP contribution in [-0.4, -0.2) is 16.3 Å². The van der Waals surface area contributed by atoms with E-state index in [2.05, 4.69) is 112 Å². The topological polar surface area (TPSA) is 45.5 Å². The number of phenolic OH excluding ortho intramolecular Hbond substituents is 1. The van der Waals surface area contributed by atoms with Crippen molar-refractivity contribution in [2.45, 2.75) is 26.2 Å². The molecule has 1 aromatic heterocycles. The average molecular weight is 615 g/mol. The number of thiazole rings is 1. The second-order valence-corrected chi connectivity index (χ2v) is 13.5. The van der Waals surface area contributed by atoms with Gasteiger partial charge in [-0.05, 0) is 81.3 Å². The van der Waals surface area contributed by atoms with E-state index in [1.807, 2.05) is 42.5 Å². The quantitative estimate of drug-likeness (QED) is 0.189. The standard InChI is InChI=1S/C42H34N2OS/c1-42(2,3)34-21-22-38(45)33(24-34)27-43-37-20-11-10-19-35(37)41-44-40-36(29-15-8-5-9-16-29)25-32(26-39(40)46-41)31-18-12-17-30(23-31)28-13-6-4-7-14-28/h4-27,45H,1-3H3. The number of para-hydroxylation sites is 1. The summed E-state index contributed by atoms with van der Waals surface area (Å²) in [5, 5.41) is 11.5. The molecule has 7 rings (SSSR count). The summed E-state index contributed by atoms with van der Waals surface area (Å²) < 4.78 is 1.12.